The maximum absolute atomic E-state index is 11.8. The van der Waals surface area contributed by atoms with Gasteiger partial charge in [-0.1, -0.05) is 23.2 Å². The average molecular weight is 344 g/mol. The highest BCUT2D eigenvalue weighted by Gasteiger charge is 2.10. The molecule has 0 bridgehead atoms. The molecule has 9 heteroatoms. The van der Waals surface area contributed by atoms with Gasteiger partial charge in [-0.2, -0.15) is 5.10 Å². The van der Waals surface area contributed by atoms with Crippen molar-refractivity contribution in [1.82, 2.24) is 20.1 Å². The Morgan fingerprint density at radius 1 is 1.36 bits per heavy atom. The number of carbonyl (C=O) groups is 1. The van der Waals surface area contributed by atoms with Crippen LogP contribution in [0.25, 0.3) is 0 Å². The Morgan fingerprint density at radius 2 is 2.05 bits per heavy atom. The molecule has 1 aromatic carbocycles. The molecule has 2 N–H and O–H groups in total. The van der Waals surface area contributed by atoms with Gasteiger partial charge < -0.3 is 15.4 Å². The molecule has 0 aliphatic carbocycles. The van der Waals surface area contributed by atoms with Crippen LogP contribution in [0.5, 0.6) is 5.75 Å². The summed E-state index contributed by atoms with van der Waals surface area (Å²) < 4.78 is 6.70. The van der Waals surface area contributed by atoms with Crippen LogP contribution < -0.4 is 15.4 Å². The number of aryl methyl sites for hydroxylation is 1. The smallest absolute Gasteiger partial charge is 0.319 e. The molecule has 1 aromatic heterocycles. The zero-order valence-electron chi connectivity index (χ0n) is 12.1. The zero-order valence-corrected chi connectivity index (χ0v) is 13.6. The summed E-state index contributed by atoms with van der Waals surface area (Å²) in [4.78, 5) is 15.9. The summed E-state index contributed by atoms with van der Waals surface area (Å²) in [5, 5.41) is 9.97. The third-order valence-electron chi connectivity index (χ3n) is 2.90. The fourth-order valence-electron chi connectivity index (χ4n) is 1.84. The van der Waals surface area contributed by atoms with Crippen molar-refractivity contribution in [3.8, 4) is 5.75 Å². The second kappa shape index (κ2) is 7.33. The zero-order chi connectivity index (χ0) is 16.1. The van der Waals surface area contributed by atoms with Crippen molar-refractivity contribution in [3.63, 3.8) is 0 Å². The minimum Gasteiger partial charge on any atom is -0.494 e. The van der Waals surface area contributed by atoms with Gasteiger partial charge in [0.15, 0.2) is 5.75 Å². The van der Waals surface area contributed by atoms with Crippen LogP contribution in [0.15, 0.2) is 18.5 Å². The van der Waals surface area contributed by atoms with E-state index < -0.39 is 0 Å². The van der Waals surface area contributed by atoms with Crippen LogP contribution in [0.4, 0.5) is 10.5 Å². The van der Waals surface area contributed by atoms with E-state index in [9.17, 15) is 4.79 Å². The molecule has 0 aliphatic rings. The highest BCUT2D eigenvalue weighted by Crippen LogP contribution is 2.35. The summed E-state index contributed by atoms with van der Waals surface area (Å²) >= 11 is 12.0. The normalized spacial score (nSPS) is 10.4. The SMILES string of the molecule is COc1c(Cl)cc(NC(=O)NCCc2ncnn2C)cc1Cl. The molecule has 7 nitrogen and oxygen atoms in total. The van der Waals surface area contributed by atoms with Crippen LogP contribution in [0, 0.1) is 0 Å². The van der Waals surface area contributed by atoms with Gasteiger partial charge in [-0.25, -0.2) is 9.78 Å². The predicted molar refractivity (Wildman–Crippen MR) is 84.7 cm³/mol. The van der Waals surface area contributed by atoms with Crippen LogP contribution in [0.2, 0.25) is 10.0 Å². The Bertz CT molecular complexity index is 651. The standard InChI is InChI=1S/C13H15Cl2N5O2/c1-20-11(17-7-18-20)3-4-16-13(21)19-8-5-9(14)12(22-2)10(15)6-8/h5-7H,3-4H2,1-2H3,(H2,16,19,21). The number of amides is 2. The minimum atomic E-state index is -0.362. The summed E-state index contributed by atoms with van der Waals surface area (Å²) in [5.41, 5.74) is 0.479. The molecule has 0 saturated heterocycles. The first kappa shape index (κ1) is 16.4. The molecule has 2 aromatic rings. The summed E-state index contributed by atoms with van der Waals surface area (Å²) in [5.74, 6) is 1.16. The highest BCUT2D eigenvalue weighted by molar-refractivity contribution is 6.37. The van der Waals surface area contributed by atoms with Gasteiger partial charge >= 0.3 is 6.03 Å². The fraction of sp³-hybridized carbons (Fsp3) is 0.308. The lowest BCUT2D eigenvalue weighted by Crippen LogP contribution is -2.30. The molecule has 0 saturated carbocycles. The van der Waals surface area contributed by atoms with Crippen LogP contribution in [0.3, 0.4) is 0 Å². The number of hydrogen-bond acceptors (Lipinski definition) is 4. The van der Waals surface area contributed by atoms with Gasteiger partial charge in [-0.05, 0) is 12.1 Å². The van der Waals surface area contributed by atoms with Crippen LogP contribution >= 0.6 is 23.2 Å². The largest absolute Gasteiger partial charge is 0.494 e. The van der Waals surface area contributed by atoms with Gasteiger partial charge in [0.05, 0.1) is 17.2 Å². The molecule has 0 atom stereocenters. The van der Waals surface area contributed by atoms with Crippen LogP contribution in [0.1, 0.15) is 5.82 Å². The van der Waals surface area contributed by atoms with E-state index in [0.29, 0.717) is 34.4 Å². The Morgan fingerprint density at radius 3 is 2.59 bits per heavy atom. The summed E-state index contributed by atoms with van der Waals surface area (Å²) in [6, 6.07) is 2.77. The van der Waals surface area contributed by atoms with E-state index in [1.165, 1.54) is 13.4 Å². The number of rotatable bonds is 5. The van der Waals surface area contributed by atoms with Gasteiger partial charge in [-0.15, -0.1) is 0 Å². The van der Waals surface area contributed by atoms with Gasteiger partial charge in [0.1, 0.15) is 12.2 Å². The third kappa shape index (κ3) is 4.02. The predicted octanol–water partition coefficient (Wildman–Crippen LogP) is 2.49. The second-order valence-corrected chi connectivity index (χ2v) is 5.22. The Labute approximate surface area is 137 Å². The minimum absolute atomic E-state index is 0.324. The first-order valence-electron chi connectivity index (χ1n) is 6.42. The van der Waals surface area contributed by atoms with Gasteiger partial charge in [0, 0.05) is 25.7 Å². The number of hydrogen-bond donors (Lipinski definition) is 2. The second-order valence-electron chi connectivity index (χ2n) is 4.40. The van der Waals surface area contributed by atoms with Crippen LogP contribution in [-0.2, 0) is 13.5 Å². The Kier molecular flexibility index (Phi) is 5.46. The van der Waals surface area contributed by atoms with Crippen molar-refractivity contribution in [2.75, 3.05) is 19.0 Å². The molecule has 22 heavy (non-hydrogen) atoms. The maximum Gasteiger partial charge on any atom is 0.319 e. The number of nitrogens with one attached hydrogen (secondary N) is 2. The quantitative estimate of drug-likeness (QED) is 0.873. The van der Waals surface area contributed by atoms with E-state index in [-0.39, 0.29) is 6.03 Å². The molecular formula is C13H15Cl2N5O2. The van der Waals surface area contributed by atoms with Crippen molar-refractivity contribution in [2.24, 2.45) is 7.05 Å². The summed E-state index contributed by atoms with van der Waals surface area (Å²) in [6.07, 6.45) is 2.05. The molecule has 0 aliphatic heterocycles. The van der Waals surface area contributed by atoms with Crippen molar-refractivity contribution < 1.29 is 9.53 Å². The van der Waals surface area contributed by atoms with E-state index >= 15 is 0 Å². The number of aromatic nitrogens is 3. The van der Waals surface area contributed by atoms with E-state index in [1.807, 2.05) is 0 Å². The van der Waals surface area contributed by atoms with Gasteiger partial charge in [-0.3, -0.25) is 4.68 Å². The Balaban J connectivity index is 1.88. The van der Waals surface area contributed by atoms with E-state index in [0.717, 1.165) is 5.82 Å². The van der Waals surface area contributed by atoms with Crippen molar-refractivity contribution in [2.45, 2.75) is 6.42 Å². The molecule has 118 valence electrons. The highest BCUT2D eigenvalue weighted by atomic mass is 35.5. The molecule has 2 amide bonds. The monoisotopic (exact) mass is 343 g/mol. The number of ether oxygens (including phenoxy) is 1. The van der Waals surface area contributed by atoms with Gasteiger partial charge in [0.2, 0.25) is 0 Å². The molecule has 0 radical (unpaired) electrons. The van der Waals surface area contributed by atoms with Crippen molar-refractivity contribution in [3.05, 3.63) is 34.3 Å². The average Bonchev–Trinajstić information content (AvgIpc) is 2.84. The number of nitrogens with zero attached hydrogens (tertiary/aromatic N) is 3. The number of urea groups is 1. The third-order valence-corrected chi connectivity index (χ3v) is 3.46. The number of halogens is 2. The maximum atomic E-state index is 11.8. The van der Waals surface area contributed by atoms with Crippen LogP contribution in [-0.4, -0.2) is 34.5 Å². The number of methoxy groups -OCH3 is 1. The Hall–Kier alpha value is -1.99. The molecule has 0 fully saturated rings. The lowest BCUT2D eigenvalue weighted by molar-refractivity contribution is 0.252. The van der Waals surface area contributed by atoms with E-state index in [2.05, 4.69) is 20.7 Å². The van der Waals surface area contributed by atoms with Crippen molar-refractivity contribution in [1.29, 1.82) is 0 Å². The molecule has 0 unspecified atom stereocenters. The first-order valence-corrected chi connectivity index (χ1v) is 7.17. The lowest BCUT2D eigenvalue weighted by Gasteiger charge is -2.11. The first-order chi connectivity index (χ1) is 10.5. The molecule has 1 heterocycles. The lowest BCUT2D eigenvalue weighted by atomic mass is 10.3. The topological polar surface area (TPSA) is 81.1 Å². The van der Waals surface area contributed by atoms with E-state index in [4.69, 9.17) is 27.9 Å². The number of anilines is 1. The summed E-state index contributed by atoms with van der Waals surface area (Å²) in [7, 11) is 3.27. The van der Waals surface area contributed by atoms with Gasteiger partial charge in [0.25, 0.3) is 0 Å². The number of benzene rings is 1. The molecular weight excluding hydrogens is 329 g/mol. The fourth-order valence-corrected chi connectivity index (χ4v) is 2.48. The summed E-state index contributed by atoms with van der Waals surface area (Å²) in [6.45, 7) is 0.427. The number of carbonyl (C=O) groups excluding carboxylic acids is 1. The van der Waals surface area contributed by atoms with E-state index in [1.54, 1.807) is 23.9 Å². The molecule has 2 rings (SSSR count). The van der Waals surface area contributed by atoms with Crippen molar-refractivity contribution >= 4 is 34.9 Å². The molecule has 0 spiro atoms.